The summed E-state index contributed by atoms with van der Waals surface area (Å²) in [4.78, 5) is 14.0. The first-order valence-corrected chi connectivity index (χ1v) is 8.83. The molecule has 0 spiro atoms. The van der Waals surface area contributed by atoms with Gasteiger partial charge in [-0.3, -0.25) is 10.1 Å². The monoisotopic (exact) mass is 278 g/mol. The van der Waals surface area contributed by atoms with Gasteiger partial charge in [0.1, 0.15) is 0 Å². The van der Waals surface area contributed by atoms with Crippen LogP contribution in [0.15, 0.2) is 0 Å². The summed E-state index contributed by atoms with van der Waals surface area (Å²) in [5, 5.41) is 3.14. The van der Waals surface area contributed by atoms with Gasteiger partial charge in [-0.15, -0.1) is 11.8 Å². The number of amides is 1. The third-order valence-corrected chi connectivity index (χ3v) is 5.98. The highest BCUT2D eigenvalue weighted by molar-refractivity contribution is 7.99. The fraction of sp³-hybridized carbons (Fsp3) is 0.900. The molecule has 2 heterocycles. The van der Waals surface area contributed by atoms with Gasteiger partial charge in [0.15, 0.2) is 9.84 Å². The molecule has 0 aliphatic carbocycles. The van der Waals surface area contributed by atoms with Gasteiger partial charge >= 0.3 is 0 Å². The summed E-state index contributed by atoms with van der Waals surface area (Å²) < 4.78 is 22.9. The quantitative estimate of drug-likeness (QED) is 0.767. The predicted octanol–water partition coefficient (Wildman–Crippen LogP) is -0.315. The summed E-state index contributed by atoms with van der Waals surface area (Å²) in [6, 6.07) is -0.256. The summed E-state index contributed by atoms with van der Waals surface area (Å²) in [6.45, 7) is 2.49. The van der Waals surface area contributed by atoms with Crippen molar-refractivity contribution in [3.63, 3.8) is 0 Å². The number of carbonyl (C=O) groups excluding carboxylic acids is 1. The zero-order chi connectivity index (χ0) is 12.5. The lowest BCUT2D eigenvalue weighted by Gasteiger charge is -2.29. The fourth-order valence-corrected chi connectivity index (χ4v) is 5.03. The number of nitrogens with zero attached hydrogens (tertiary/aromatic N) is 1. The molecule has 0 aromatic rings. The van der Waals surface area contributed by atoms with Crippen LogP contribution in [-0.2, 0) is 14.6 Å². The number of hydrogen-bond acceptors (Lipinski definition) is 5. The molecule has 2 aliphatic rings. The van der Waals surface area contributed by atoms with Gasteiger partial charge in [-0.1, -0.05) is 0 Å². The zero-order valence-corrected chi connectivity index (χ0v) is 11.5. The Balaban J connectivity index is 2.03. The van der Waals surface area contributed by atoms with Gasteiger partial charge in [0.25, 0.3) is 0 Å². The standard InChI is InChI=1S/C10H18N2O3S2/c1-2-12(8-3-4-17(14,15)6-8)10(13)9-5-16-7-11-9/h8-9,11H,2-7H2,1H3. The minimum Gasteiger partial charge on any atom is -0.338 e. The number of hydrogen-bond donors (Lipinski definition) is 1. The summed E-state index contributed by atoms with van der Waals surface area (Å²) >= 11 is 1.70. The molecule has 2 fully saturated rings. The molecule has 0 aromatic carbocycles. The zero-order valence-electron chi connectivity index (χ0n) is 9.89. The van der Waals surface area contributed by atoms with Crippen molar-refractivity contribution in [1.29, 1.82) is 0 Å². The Morgan fingerprint density at radius 1 is 1.53 bits per heavy atom. The second-order valence-corrected chi connectivity index (χ2v) is 7.71. The van der Waals surface area contributed by atoms with Crippen LogP contribution in [-0.4, -0.2) is 61.0 Å². The van der Waals surface area contributed by atoms with Crippen LogP contribution in [0.2, 0.25) is 0 Å². The third kappa shape index (κ3) is 2.95. The molecule has 2 saturated heterocycles. The van der Waals surface area contributed by atoms with Crippen molar-refractivity contribution in [3.8, 4) is 0 Å². The van der Waals surface area contributed by atoms with Gasteiger partial charge in [-0.2, -0.15) is 0 Å². The van der Waals surface area contributed by atoms with Gasteiger partial charge in [-0.05, 0) is 13.3 Å². The molecule has 2 atom stereocenters. The minimum atomic E-state index is -2.93. The fourth-order valence-electron chi connectivity index (χ4n) is 2.37. The summed E-state index contributed by atoms with van der Waals surface area (Å²) in [5.74, 6) is 1.99. The first-order chi connectivity index (χ1) is 8.03. The number of carbonyl (C=O) groups is 1. The maximum absolute atomic E-state index is 12.2. The average Bonchev–Trinajstić information content (AvgIpc) is 2.88. The van der Waals surface area contributed by atoms with Crippen molar-refractivity contribution in [3.05, 3.63) is 0 Å². The molecule has 0 aromatic heterocycles. The Morgan fingerprint density at radius 2 is 2.29 bits per heavy atom. The van der Waals surface area contributed by atoms with E-state index in [1.54, 1.807) is 16.7 Å². The molecule has 7 heteroatoms. The lowest BCUT2D eigenvalue weighted by molar-refractivity contribution is -0.134. The number of thioether (sulfide) groups is 1. The SMILES string of the molecule is CCN(C(=O)C1CSCN1)C1CCS(=O)(=O)C1. The normalized spacial score (nSPS) is 31.6. The highest BCUT2D eigenvalue weighted by Gasteiger charge is 2.36. The lowest BCUT2D eigenvalue weighted by atomic mass is 10.2. The molecule has 2 unspecified atom stereocenters. The number of likely N-dealkylation sites (N-methyl/N-ethyl adjacent to an activating group) is 1. The molecular weight excluding hydrogens is 260 g/mol. The molecular formula is C10H18N2O3S2. The van der Waals surface area contributed by atoms with Crippen LogP contribution >= 0.6 is 11.8 Å². The molecule has 5 nitrogen and oxygen atoms in total. The van der Waals surface area contributed by atoms with E-state index in [-0.39, 0.29) is 29.5 Å². The van der Waals surface area contributed by atoms with Gasteiger partial charge < -0.3 is 4.90 Å². The Hall–Kier alpha value is -0.270. The number of sulfone groups is 1. The Kier molecular flexibility index (Phi) is 3.99. The number of nitrogens with one attached hydrogen (secondary N) is 1. The van der Waals surface area contributed by atoms with Crippen molar-refractivity contribution >= 4 is 27.5 Å². The average molecular weight is 278 g/mol. The van der Waals surface area contributed by atoms with Crippen molar-refractivity contribution in [2.75, 3.05) is 29.7 Å². The topological polar surface area (TPSA) is 66.5 Å². The molecule has 0 bridgehead atoms. The van der Waals surface area contributed by atoms with E-state index in [4.69, 9.17) is 0 Å². The van der Waals surface area contributed by atoms with E-state index in [0.717, 1.165) is 11.6 Å². The Bertz CT molecular complexity index is 390. The first kappa shape index (κ1) is 13.2. The van der Waals surface area contributed by atoms with Crippen LogP contribution in [0.3, 0.4) is 0 Å². The van der Waals surface area contributed by atoms with E-state index in [9.17, 15) is 13.2 Å². The van der Waals surface area contributed by atoms with Crippen LogP contribution in [0.1, 0.15) is 13.3 Å². The van der Waals surface area contributed by atoms with Gasteiger partial charge in [-0.25, -0.2) is 8.42 Å². The maximum Gasteiger partial charge on any atom is 0.240 e. The van der Waals surface area contributed by atoms with Crippen LogP contribution in [0.25, 0.3) is 0 Å². The second kappa shape index (κ2) is 5.16. The Labute approximate surface area is 106 Å². The molecule has 0 radical (unpaired) electrons. The Morgan fingerprint density at radius 3 is 2.76 bits per heavy atom. The second-order valence-electron chi connectivity index (χ2n) is 4.45. The number of rotatable bonds is 3. The first-order valence-electron chi connectivity index (χ1n) is 5.85. The van der Waals surface area contributed by atoms with E-state index in [2.05, 4.69) is 5.32 Å². The maximum atomic E-state index is 12.2. The van der Waals surface area contributed by atoms with Crippen molar-refractivity contribution in [2.24, 2.45) is 0 Å². The lowest BCUT2D eigenvalue weighted by Crippen LogP contribution is -2.49. The van der Waals surface area contributed by atoms with Gasteiger partial charge in [0.2, 0.25) is 5.91 Å². The highest BCUT2D eigenvalue weighted by Crippen LogP contribution is 2.20. The summed E-state index contributed by atoms with van der Waals surface area (Å²) in [6.07, 6.45) is 0.585. The van der Waals surface area contributed by atoms with Gasteiger partial charge in [0, 0.05) is 24.2 Å². The summed E-state index contributed by atoms with van der Waals surface area (Å²) in [7, 11) is -2.93. The molecule has 0 saturated carbocycles. The van der Waals surface area contributed by atoms with Gasteiger partial charge in [0.05, 0.1) is 17.5 Å². The smallest absolute Gasteiger partial charge is 0.240 e. The highest BCUT2D eigenvalue weighted by atomic mass is 32.2. The molecule has 1 amide bonds. The van der Waals surface area contributed by atoms with E-state index in [1.807, 2.05) is 6.92 Å². The van der Waals surface area contributed by atoms with Crippen molar-refractivity contribution < 1.29 is 13.2 Å². The van der Waals surface area contributed by atoms with Crippen molar-refractivity contribution in [1.82, 2.24) is 10.2 Å². The largest absolute Gasteiger partial charge is 0.338 e. The molecule has 17 heavy (non-hydrogen) atoms. The van der Waals surface area contributed by atoms with Crippen molar-refractivity contribution in [2.45, 2.75) is 25.4 Å². The molecule has 2 aliphatic heterocycles. The molecule has 2 rings (SSSR count). The van der Waals surface area contributed by atoms with Crippen LogP contribution in [0, 0.1) is 0 Å². The van der Waals surface area contributed by atoms with E-state index >= 15 is 0 Å². The third-order valence-electron chi connectivity index (χ3n) is 3.29. The van der Waals surface area contributed by atoms with E-state index < -0.39 is 9.84 Å². The summed E-state index contributed by atoms with van der Waals surface area (Å²) in [5.41, 5.74) is 0. The molecule has 1 N–H and O–H groups in total. The van der Waals surface area contributed by atoms with E-state index in [0.29, 0.717) is 13.0 Å². The molecule has 98 valence electrons. The minimum absolute atomic E-state index is 0.0552. The van der Waals surface area contributed by atoms with Crippen LogP contribution < -0.4 is 5.32 Å². The van der Waals surface area contributed by atoms with E-state index in [1.165, 1.54) is 0 Å². The predicted molar refractivity (Wildman–Crippen MR) is 68.7 cm³/mol. The van der Waals surface area contributed by atoms with Crippen LogP contribution in [0.4, 0.5) is 0 Å². The van der Waals surface area contributed by atoms with Crippen LogP contribution in [0.5, 0.6) is 0 Å².